The smallest absolute Gasteiger partial charge is 0.330 e. The molecule has 0 radical (unpaired) electrons. The van der Waals surface area contributed by atoms with Crippen LogP contribution in [0.15, 0.2) is 37.0 Å². The van der Waals surface area contributed by atoms with E-state index in [1.165, 1.54) is 63.9 Å². The molecule has 0 aliphatic heterocycles. The van der Waals surface area contributed by atoms with Crippen molar-refractivity contribution >= 4 is 5.97 Å². The van der Waals surface area contributed by atoms with Gasteiger partial charge in [-0.05, 0) is 38.5 Å². The second-order valence-electron chi connectivity index (χ2n) is 5.96. The van der Waals surface area contributed by atoms with Crippen molar-refractivity contribution in [2.24, 2.45) is 0 Å². The van der Waals surface area contributed by atoms with E-state index in [4.69, 9.17) is 4.74 Å². The van der Waals surface area contributed by atoms with Gasteiger partial charge in [0.05, 0.1) is 6.61 Å². The van der Waals surface area contributed by atoms with Gasteiger partial charge in [0, 0.05) is 6.08 Å². The normalized spacial score (nSPS) is 11.3. The number of hydrogen-bond donors (Lipinski definition) is 0. The average molecular weight is 321 g/mol. The predicted molar refractivity (Wildman–Crippen MR) is 101 cm³/mol. The van der Waals surface area contributed by atoms with Crippen molar-refractivity contribution < 1.29 is 9.53 Å². The summed E-state index contributed by atoms with van der Waals surface area (Å²) < 4.78 is 4.94. The molecule has 0 saturated heterocycles. The summed E-state index contributed by atoms with van der Waals surface area (Å²) in [4.78, 5) is 10.8. The third-order valence-electron chi connectivity index (χ3n) is 3.76. The Balaban J connectivity index is 3.19. The van der Waals surface area contributed by atoms with Crippen molar-refractivity contribution in [1.29, 1.82) is 0 Å². The Labute approximate surface area is 143 Å². The van der Waals surface area contributed by atoms with E-state index in [0.717, 1.165) is 19.3 Å². The minimum Gasteiger partial charge on any atom is -0.463 e. The number of allylic oxidation sites excluding steroid dienone is 4. The average Bonchev–Trinajstić information content (AvgIpc) is 2.57. The maximum absolute atomic E-state index is 10.8. The molecule has 2 nitrogen and oxygen atoms in total. The van der Waals surface area contributed by atoms with Crippen molar-refractivity contribution in [1.82, 2.24) is 0 Å². The maximum atomic E-state index is 10.8. The first-order valence-electron chi connectivity index (χ1n) is 9.40. The van der Waals surface area contributed by atoms with E-state index in [9.17, 15) is 4.79 Å². The van der Waals surface area contributed by atoms with Gasteiger partial charge in [-0.25, -0.2) is 4.79 Å². The third kappa shape index (κ3) is 18.6. The van der Waals surface area contributed by atoms with Crippen molar-refractivity contribution in [3.05, 3.63) is 37.0 Å². The van der Waals surface area contributed by atoms with Crippen LogP contribution in [-0.2, 0) is 9.53 Å². The summed E-state index contributed by atoms with van der Waals surface area (Å²) >= 11 is 0. The molecule has 0 heterocycles. The Morgan fingerprint density at radius 2 is 1.39 bits per heavy atom. The lowest BCUT2D eigenvalue weighted by Crippen LogP contribution is -2.01. The number of carbonyl (C=O) groups excluding carboxylic acids is 1. The molecule has 0 atom stereocenters. The summed E-state index contributed by atoms with van der Waals surface area (Å²) in [5.41, 5.74) is 0. The standard InChI is InChI=1S/C21H36O2/c1-3-5-6-7-8-9-10-11-12-13-14-15-16-17-18-19-20-23-21(22)4-2/h4,8-9,11-12H,2-3,5-7,10,13-20H2,1H3/b9-8?,12-11-. The van der Waals surface area contributed by atoms with Gasteiger partial charge in [-0.15, -0.1) is 0 Å². The van der Waals surface area contributed by atoms with E-state index < -0.39 is 0 Å². The maximum Gasteiger partial charge on any atom is 0.330 e. The first-order valence-corrected chi connectivity index (χ1v) is 9.40. The van der Waals surface area contributed by atoms with Crippen LogP contribution in [0.4, 0.5) is 0 Å². The highest BCUT2D eigenvalue weighted by atomic mass is 16.5. The summed E-state index contributed by atoms with van der Waals surface area (Å²) in [7, 11) is 0. The summed E-state index contributed by atoms with van der Waals surface area (Å²) in [6, 6.07) is 0. The molecule has 0 spiro atoms. The van der Waals surface area contributed by atoms with Gasteiger partial charge in [0.1, 0.15) is 0 Å². The molecule has 0 rings (SSSR count). The lowest BCUT2D eigenvalue weighted by atomic mass is 10.1. The molecule has 0 aliphatic carbocycles. The molecule has 0 aromatic heterocycles. The minimum absolute atomic E-state index is 0.312. The number of hydrogen-bond acceptors (Lipinski definition) is 2. The van der Waals surface area contributed by atoms with Gasteiger partial charge in [0.25, 0.3) is 0 Å². The van der Waals surface area contributed by atoms with Gasteiger partial charge >= 0.3 is 5.97 Å². The van der Waals surface area contributed by atoms with E-state index in [1.54, 1.807) is 0 Å². The van der Waals surface area contributed by atoms with E-state index in [-0.39, 0.29) is 5.97 Å². The van der Waals surface area contributed by atoms with E-state index in [1.807, 2.05) is 0 Å². The number of esters is 1. The molecule has 0 fully saturated rings. The van der Waals surface area contributed by atoms with Crippen LogP contribution < -0.4 is 0 Å². The van der Waals surface area contributed by atoms with Crippen molar-refractivity contribution in [2.75, 3.05) is 6.61 Å². The fraction of sp³-hybridized carbons (Fsp3) is 0.667. The zero-order chi connectivity index (χ0) is 17.0. The highest BCUT2D eigenvalue weighted by Crippen LogP contribution is 2.08. The van der Waals surface area contributed by atoms with E-state index >= 15 is 0 Å². The first-order chi connectivity index (χ1) is 11.3. The minimum atomic E-state index is -0.312. The lowest BCUT2D eigenvalue weighted by molar-refractivity contribution is -0.137. The van der Waals surface area contributed by atoms with Gasteiger partial charge in [0.2, 0.25) is 0 Å². The summed E-state index contributed by atoms with van der Waals surface area (Å²) in [6.45, 7) is 6.14. The number of unbranched alkanes of at least 4 members (excludes halogenated alkanes) is 9. The Kier molecular flexibility index (Phi) is 17.7. The van der Waals surface area contributed by atoms with Crippen LogP contribution in [0.1, 0.15) is 84.0 Å². The number of ether oxygens (including phenoxy) is 1. The Hall–Kier alpha value is -1.31. The predicted octanol–water partition coefficient (Wildman–Crippen LogP) is 6.53. The molecule has 0 aliphatic rings. The van der Waals surface area contributed by atoms with Crippen LogP contribution in [0.5, 0.6) is 0 Å². The van der Waals surface area contributed by atoms with Crippen LogP contribution in [0, 0.1) is 0 Å². The van der Waals surface area contributed by atoms with Gasteiger partial charge in [-0.3, -0.25) is 0 Å². The first kappa shape index (κ1) is 21.7. The second-order valence-corrected chi connectivity index (χ2v) is 5.96. The Bertz CT molecular complexity index is 329. The molecule has 132 valence electrons. The molecule has 0 amide bonds. The Morgan fingerprint density at radius 3 is 2.00 bits per heavy atom. The molecule has 0 saturated carbocycles. The molecular weight excluding hydrogens is 284 g/mol. The van der Waals surface area contributed by atoms with Gasteiger partial charge < -0.3 is 4.74 Å². The molecule has 0 aromatic carbocycles. The van der Waals surface area contributed by atoms with Crippen LogP contribution in [-0.4, -0.2) is 12.6 Å². The van der Waals surface area contributed by atoms with Crippen molar-refractivity contribution in [2.45, 2.75) is 84.0 Å². The zero-order valence-electron chi connectivity index (χ0n) is 15.1. The molecule has 0 bridgehead atoms. The monoisotopic (exact) mass is 320 g/mol. The van der Waals surface area contributed by atoms with E-state index in [2.05, 4.69) is 37.8 Å². The summed E-state index contributed by atoms with van der Waals surface area (Å²) in [5.74, 6) is -0.312. The highest BCUT2D eigenvalue weighted by molar-refractivity contribution is 5.81. The van der Waals surface area contributed by atoms with Crippen LogP contribution in [0.2, 0.25) is 0 Å². The fourth-order valence-corrected chi connectivity index (χ4v) is 2.32. The SMILES string of the molecule is C=CC(=O)OCCCCCCCC/C=C\CC=CCCCCC. The summed E-state index contributed by atoms with van der Waals surface area (Å²) in [6.07, 6.45) is 25.1. The zero-order valence-corrected chi connectivity index (χ0v) is 15.1. The van der Waals surface area contributed by atoms with Gasteiger partial charge in [-0.1, -0.05) is 76.3 Å². The third-order valence-corrected chi connectivity index (χ3v) is 3.76. The second kappa shape index (κ2) is 18.7. The van der Waals surface area contributed by atoms with Crippen LogP contribution >= 0.6 is 0 Å². The Morgan fingerprint density at radius 1 is 0.826 bits per heavy atom. The van der Waals surface area contributed by atoms with E-state index in [0.29, 0.717) is 6.61 Å². The largest absolute Gasteiger partial charge is 0.463 e. The number of rotatable bonds is 16. The molecule has 23 heavy (non-hydrogen) atoms. The fourth-order valence-electron chi connectivity index (χ4n) is 2.32. The van der Waals surface area contributed by atoms with Gasteiger partial charge in [-0.2, -0.15) is 0 Å². The van der Waals surface area contributed by atoms with Crippen molar-refractivity contribution in [3.8, 4) is 0 Å². The van der Waals surface area contributed by atoms with Crippen LogP contribution in [0.3, 0.4) is 0 Å². The van der Waals surface area contributed by atoms with Crippen LogP contribution in [0.25, 0.3) is 0 Å². The topological polar surface area (TPSA) is 26.3 Å². The number of carbonyl (C=O) groups is 1. The summed E-state index contributed by atoms with van der Waals surface area (Å²) in [5, 5.41) is 0. The van der Waals surface area contributed by atoms with Crippen molar-refractivity contribution in [3.63, 3.8) is 0 Å². The lowest BCUT2D eigenvalue weighted by Gasteiger charge is -2.02. The van der Waals surface area contributed by atoms with Gasteiger partial charge in [0.15, 0.2) is 0 Å². The highest BCUT2D eigenvalue weighted by Gasteiger charge is 1.95. The molecule has 2 heteroatoms. The molecular formula is C21H36O2. The molecule has 0 aromatic rings. The quantitative estimate of drug-likeness (QED) is 0.140. The molecule has 0 unspecified atom stereocenters. The molecule has 0 N–H and O–H groups in total.